The summed E-state index contributed by atoms with van der Waals surface area (Å²) in [5.74, 6) is 1.54. The summed E-state index contributed by atoms with van der Waals surface area (Å²) in [4.78, 5) is 0. The molecule has 1 rings (SSSR count). The van der Waals surface area contributed by atoms with E-state index in [1.807, 2.05) is 24.3 Å². The van der Waals surface area contributed by atoms with Crippen LogP contribution in [-0.4, -0.2) is 24.9 Å². The molecule has 1 N–H and O–H groups in total. The van der Waals surface area contributed by atoms with E-state index in [2.05, 4.69) is 0 Å². The molecule has 0 bridgehead atoms. The zero-order valence-corrected chi connectivity index (χ0v) is 9.98. The van der Waals surface area contributed by atoms with E-state index in [1.54, 1.807) is 14.0 Å². The lowest BCUT2D eigenvalue weighted by molar-refractivity contribution is 0.176. The quantitative estimate of drug-likeness (QED) is 0.724. The van der Waals surface area contributed by atoms with E-state index in [4.69, 9.17) is 14.6 Å². The molecule has 0 amide bonds. The summed E-state index contributed by atoms with van der Waals surface area (Å²) in [6.45, 7) is 2.47. The summed E-state index contributed by atoms with van der Waals surface area (Å²) in [5, 5.41) is 9.09. The first-order chi connectivity index (χ1) is 7.74. The maximum atomic E-state index is 9.09. The lowest BCUT2D eigenvalue weighted by Gasteiger charge is -2.10. The molecular formula is C13H20O3. The summed E-state index contributed by atoms with van der Waals surface area (Å²) >= 11 is 0. The molecule has 0 aliphatic rings. The first kappa shape index (κ1) is 12.8. The van der Waals surface area contributed by atoms with Crippen molar-refractivity contribution in [1.29, 1.82) is 0 Å². The molecule has 0 saturated carbocycles. The van der Waals surface area contributed by atoms with Crippen molar-refractivity contribution >= 4 is 0 Å². The van der Waals surface area contributed by atoms with E-state index in [0.717, 1.165) is 30.8 Å². The highest BCUT2D eigenvalue weighted by atomic mass is 16.5. The topological polar surface area (TPSA) is 38.7 Å². The SMILES string of the molecule is COc1ccccc1OCCCCC(C)O. The first-order valence-corrected chi connectivity index (χ1v) is 5.68. The molecule has 1 atom stereocenters. The number of para-hydroxylation sites is 2. The number of aliphatic hydroxyl groups excluding tert-OH is 1. The predicted molar refractivity (Wildman–Crippen MR) is 64.0 cm³/mol. The van der Waals surface area contributed by atoms with Crippen LogP contribution in [0.3, 0.4) is 0 Å². The van der Waals surface area contributed by atoms with Gasteiger partial charge in [-0.25, -0.2) is 0 Å². The third kappa shape index (κ3) is 4.53. The molecule has 1 aromatic carbocycles. The van der Waals surface area contributed by atoms with Crippen LogP contribution in [0, 0.1) is 0 Å². The largest absolute Gasteiger partial charge is 0.493 e. The lowest BCUT2D eigenvalue weighted by atomic mass is 10.2. The van der Waals surface area contributed by atoms with E-state index < -0.39 is 0 Å². The maximum absolute atomic E-state index is 9.09. The molecule has 3 heteroatoms. The molecular weight excluding hydrogens is 204 g/mol. The summed E-state index contributed by atoms with van der Waals surface area (Å²) in [6, 6.07) is 7.62. The second kappa shape index (κ2) is 7.12. The van der Waals surface area contributed by atoms with Gasteiger partial charge in [-0.3, -0.25) is 0 Å². The number of ether oxygens (including phenoxy) is 2. The first-order valence-electron chi connectivity index (χ1n) is 5.68. The van der Waals surface area contributed by atoms with Crippen LogP contribution in [0.5, 0.6) is 11.5 Å². The van der Waals surface area contributed by atoms with Crippen LogP contribution in [0.15, 0.2) is 24.3 Å². The zero-order valence-electron chi connectivity index (χ0n) is 9.98. The second-order valence-electron chi connectivity index (χ2n) is 3.84. The van der Waals surface area contributed by atoms with Crippen LogP contribution in [0.4, 0.5) is 0 Å². The number of benzene rings is 1. The molecule has 16 heavy (non-hydrogen) atoms. The van der Waals surface area contributed by atoms with Crippen LogP contribution >= 0.6 is 0 Å². The minimum absolute atomic E-state index is 0.216. The fourth-order valence-corrected chi connectivity index (χ4v) is 1.46. The van der Waals surface area contributed by atoms with E-state index in [9.17, 15) is 0 Å². The van der Waals surface area contributed by atoms with Gasteiger partial charge in [-0.2, -0.15) is 0 Å². The van der Waals surface area contributed by atoms with Crippen LogP contribution in [0.2, 0.25) is 0 Å². The third-order valence-corrected chi connectivity index (χ3v) is 2.34. The number of methoxy groups -OCH3 is 1. The Labute approximate surface area is 97.0 Å². The second-order valence-corrected chi connectivity index (χ2v) is 3.84. The van der Waals surface area contributed by atoms with Gasteiger partial charge in [0.25, 0.3) is 0 Å². The van der Waals surface area contributed by atoms with Gasteiger partial charge in [0.15, 0.2) is 11.5 Å². The molecule has 0 spiro atoms. The molecule has 1 aromatic rings. The fourth-order valence-electron chi connectivity index (χ4n) is 1.46. The fraction of sp³-hybridized carbons (Fsp3) is 0.538. The molecule has 0 aromatic heterocycles. The van der Waals surface area contributed by atoms with Gasteiger partial charge in [0.05, 0.1) is 19.8 Å². The molecule has 90 valence electrons. The normalized spacial score (nSPS) is 12.2. The van der Waals surface area contributed by atoms with E-state index in [1.165, 1.54) is 0 Å². The van der Waals surface area contributed by atoms with Crippen molar-refractivity contribution < 1.29 is 14.6 Å². The Kier molecular flexibility index (Phi) is 5.72. The third-order valence-electron chi connectivity index (χ3n) is 2.34. The Hall–Kier alpha value is -1.22. The van der Waals surface area contributed by atoms with Crippen LogP contribution < -0.4 is 9.47 Å². The highest BCUT2D eigenvalue weighted by Crippen LogP contribution is 2.25. The molecule has 0 heterocycles. The minimum atomic E-state index is -0.216. The van der Waals surface area contributed by atoms with Gasteiger partial charge in [-0.05, 0) is 38.3 Å². The number of hydrogen-bond donors (Lipinski definition) is 1. The van der Waals surface area contributed by atoms with Crippen molar-refractivity contribution in [2.75, 3.05) is 13.7 Å². The molecule has 0 fully saturated rings. The number of unbranched alkanes of at least 4 members (excludes halogenated alkanes) is 1. The monoisotopic (exact) mass is 224 g/mol. The maximum Gasteiger partial charge on any atom is 0.161 e. The number of rotatable bonds is 7. The van der Waals surface area contributed by atoms with Crippen molar-refractivity contribution in [3.05, 3.63) is 24.3 Å². The van der Waals surface area contributed by atoms with Crippen molar-refractivity contribution in [3.63, 3.8) is 0 Å². The summed E-state index contributed by atoms with van der Waals surface area (Å²) in [6.07, 6.45) is 2.54. The van der Waals surface area contributed by atoms with Crippen molar-refractivity contribution in [2.45, 2.75) is 32.3 Å². The Morgan fingerprint density at radius 3 is 2.50 bits per heavy atom. The van der Waals surface area contributed by atoms with Gasteiger partial charge < -0.3 is 14.6 Å². The van der Waals surface area contributed by atoms with Crippen LogP contribution in [0.1, 0.15) is 26.2 Å². The molecule has 1 unspecified atom stereocenters. The zero-order chi connectivity index (χ0) is 11.8. The minimum Gasteiger partial charge on any atom is -0.493 e. The van der Waals surface area contributed by atoms with Crippen molar-refractivity contribution in [2.24, 2.45) is 0 Å². The van der Waals surface area contributed by atoms with E-state index >= 15 is 0 Å². The van der Waals surface area contributed by atoms with Crippen LogP contribution in [0.25, 0.3) is 0 Å². The molecule has 0 radical (unpaired) electrons. The average molecular weight is 224 g/mol. The lowest BCUT2D eigenvalue weighted by Crippen LogP contribution is -2.03. The number of aliphatic hydroxyl groups is 1. The summed E-state index contributed by atoms with van der Waals surface area (Å²) in [5.41, 5.74) is 0. The van der Waals surface area contributed by atoms with Crippen LogP contribution in [-0.2, 0) is 0 Å². The summed E-state index contributed by atoms with van der Waals surface area (Å²) < 4.78 is 10.8. The number of hydrogen-bond acceptors (Lipinski definition) is 3. The van der Waals surface area contributed by atoms with Gasteiger partial charge >= 0.3 is 0 Å². The molecule has 0 saturated heterocycles. The standard InChI is InChI=1S/C13H20O3/c1-11(14)7-5-6-10-16-13-9-4-3-8-12(13)15-2/h3-4,8-9,11,14H,5-7,10H2,1-2H3. The Morgan fingerprint density at radius 1 is 1.19 bits per heavy atom. The Bertz CT molecular complexity index is 297. The average Bonchev–Trinajstić information content (AvgIpc) is 2.29. The van der Waals surface area contributed by atoms with Gasteiger partial charge in [-0.15, -0.1) is 0 Å². The highest BCUT2D eigenvalue weighted by molar-refractivity contribution is 5.39. The molecule has 0 aliphatic carbocycles. The van der Waals surface area contributed by atoms with E-state index in [0.29, 0.717) is 6.61 Å². The molecule has 0 aliphatic heterocycles. The molecule has 3 nitrogen and oxygen atoms in total. The van der Waals surface area contributed by atoms with Crippen molar-refractivity contribution in [1.82, 2.24) is 0 Å². The smallest absolute Gasteiger partial charge is 0.161 e. The van der Waals surface area contributed by atoms with Gasteiger partial charge in [0, 0.05) is 0 Å². The summed E-state index contributed by atoms with van der Waals surface area (Å²) in [7, 11) is 1.63. The van der Waals surface area contributed by atoms with Gasteiger partial charge in [0.1, 0.15) is 0 Å². The van der Waals surface area contributed by atoms with Gasteiger partial charge in [0.2, 0.25) is 0 Å². The Morgan fingerprint density at radius 2 is 1.88 bits per heavy atom. The predicted octanol–water partition coefficient (Wildman–Crippen LogP) is 2.63. The highest BCUT2D eigenvalue weighted by Gasteiger charge is 2.02. The van der Waals surface area contributed by atoms with E-state index in [-0.39, 0.29) is 6.10 Å². The van der Waals surface area contributed by atoms with Crippen molar-refractivity contribution in [3.8, 4) is 11.5 Å². The van der Waals surface area contributed by atoms with Gasteiger partial charge in [-0.1, -0.05) is 12.1 Å². The Balaban J connectivity index is 2.26.